The van der Waals surface area contributed by atoms with Gasteiger partial charge in [-0.05, 0) is 36.8 Å². The number of anilines is 1. The number of hydrogen-bond donors (Lipinski definition) is 1. The molecule has 0 aliphatic carbocycles. The Balaban J connectivity index is 2.05. The van der Waals surface area contributed by atoms with E-state index in [0.29, 0.717) is 11.2 Å². The van der Waals surface area contributed by atoms with Crippen LogP contribution in [-0.4, -0.2) is 25.4 Å². The second kappa shape index (κ2) is 6.38. The minimum Gasteiger partial charge on any atom is -0.352 e. The van der Waals surface area contributed by atoms with Crippen molar-refractivity contribution in [3.05, 3.63) is 60.2 Å². The Morgan fingerprint density at radius 2 is 1.88 bits per heavy atom. The van der Waals surface area contributed by atoms with Crippen LogP contribution in [0.2, 0.25) is 0 Å². The van der Waals surface area contributed by atoms with Crippen LogP contribution in [-0.2, 0) is 10.0 Å². The molecule has 1 atom stereocenters. The van der Waals surface area contributed by atoms with Crippen molar-refractivity contribution >= 4 is 26.7 Å². The number of nitrogens with two attached hydrogens (primary N) is 1. The van der Waals surface area contributed by atoms with Gasteiger partial charge in [-0.3, -0.25) is 0 Å². The number of benzene rings is 2. The largest absolute Gasteiger partial charge is 0.352 e. The highest BCUT2D eigenvalue weighted by Crippen LogP contribution is 2.30. The summed E-state index contributed by atoms with van der Waals surface area (Å²) in [5, 5.41) is 5.78. The molecule has 1 unspecified atom stereocenters. The number of hydrogen-bond acceptors (Lipinski definition) is 5. The van der Waals surface area contributed by atoms with Crippen molar-refractivity contribution in [2.45, 2.75) is 17.9 Å². The minimum atomic E-state index is -3.78. The lowest BCUT2D eigenvalue weighted by Crippen LogP contribution is -2.23. The number of aromatic nitrogens is 2. The Bertz CT molecular complexity index is 1040. The van der Waals surface area contributed by atoms with Crippen LogP contribution in [0.15, 0.2) is 53.7 Å². The number of primary sulfonamides is 1. The van der Waals surface area contributed by atoms with E-state index in [-0.39, 0.29) is 16.5 Å². The molecule has 6 nitrogen and oxygen atoms in total. The summed E-state index contributed by atoms with van der Waals surface area (Å²) in [6, 6.07) is 10.9. The molecule has 0 radical (unpaired) electrons. The molecule has 1 heterocycles. The number of rotatable bonds is 4. The van der Waals surface area contributed by atoms with Crippen LogP contribution in [0.1, 0.15) is 18.5 Å². The van der Waals surface area contributed by atoms with Crippen LogP contribution < -0.4 is 10.0 Å². The maximum atomic E-state index is 13.9. The summed E-state index contributed by atoms with van der Waals surface area (Å²) in [6.07, 6.45) is 1.31. The molecule has 0 fully saturated rings. The van der Waals surface area contributed by atoms with Crippen LogP contribution in [0.4, 0.5) is 10.2 Å². The molecule has 0 saturated carbocycles. The second-order valence-electron chi connectivity index (χ2n) is 5.74. The Hall–Kier alpha value is -2.58. The number of sulfonamides is 1. The highest BCUT2D eigenvalue weighted by atomic mass is 32.2. The molecule has 0 aliphatic rings. The maximum absolute atomic E-state index is 13.9. The van der Waals surface area contributed by atoms with E-state index in [9.17, 15) is 12.8 Å². The first-order valence-electron chi connectivity index (χ1n) is 7.54. The maximum Gasteiger partial charge on any atom is 0.238 e. The molecule has 8 heteroatoms. The van der Waals surface area contributed by atoms with Gasteiger partial charge in [0.2, 0.25) is 10.0 Å². The highest BCUT2D eigenvalue weighted by Gasteiger charge is 2.19. The van der Waals surface area contributed by atoms with E-state index in [0.717, 1.165) is 5.56 Å². The lowest BCUT2D eigenvalue weighted by molar-refractivity contribution is 0.597. The predicted octanol–water partition coefficient (Wildman–Crippen LogP) is 2.61. The average Bonchev–Trinajstić information content (AvgIpc) is 2.60. The normalized spacial score (nSPS) is 13.0. The van der Waals surface area contributed by atoms with Crippen LogP contribution >= 0.6 is 0 Å². The smallest absolute Gasteiger partial charge is 0.238 e. The van der Waals surface area contributed by atoms with Gasteiger partial charge in [-0.25, -0.2) is 27.9 Å². The van der Waals surface area contributed by atoms with Crippen molar-refractivity contribution in [3.63, 3.8) is 0 Å². The topological polar surface area (TPSA) is 89.2 Å². The minimum absolute atomic E-state index is 0.0452. The van der Waals surface area contributed by atoms with Crippen molar-refractivity contribution in [2.75, 3.05) is 11.9 Å². The summed E-state index contributed by atoms with van der Waals surface area (Å²) < 4.78 is 37.1. The van der Waals surface area contributed by atoms with E-state index in [4.69, 9.17) is 5.14 Å². The SMILES string of the molecule is CC(c1cccc(S(N)(=O)=O)c1)N(C)c1ncnc2c(F)cccc12. The summed E-state index contributed by atoms with van der Waals surface area (Å²) in [5.41, 5.74) is 0.988. The Morgan fingerprint density at radius 3 is 2.60 bits per heavy atom. The van der Waals surface area contributed by atoms with Crippen LogP contribution in [0.25, 0.3) is 10.9 Å². The van der Waals surface area contributed by atoms with E-state index in [1.165, 1.54) is 24.5 Å². The molecule has 2 aromatic carbocycles. The molecule has 3 rings (SSSR count). The lowest BCUT2D eigenvalue weighted by Gasteiger charge is -2.27. The van der Waals surface area contributed by atoms with Gasteiger partial charge in [0.25, 0.3) is 0 Å². The van der Waals surface area contributed by atoms with Crippen LogP contribution in [0, 0.1) is 5.82 Å². The molecule has 0 spiro atoms. The zero-order valence-corrected chi connectivity index (χ0v) is 14.5. The van der Waals surface area contributed by atoms with E-state index in [1.54, 1.807) is 31.3 Å². The third kappa shape index (κ3) is 3.31. The zero-order valence-electron chi connectivity index (χ0n) is 13.7. The van der Waals surface area contributed by atoms with Gasteiger partial charge in [0.05, 0.1) is 10.9 Å². The van der Waals surface area contributed by atoms with Crippen molar-refractivity contribution in [1.29, 1.82) is 0 Å². The van der Waals surface area contributed by atoms with Gasteiger partial charge in [-0.2, -0.15) is 0 Å². The van der Waals surface area contributed by atoms with Crippen LogP contribution in [0.5, 0.6) is 0 Å². The summed E-state index contributed by atoms with van der Waals surface area (Å²) in [5.74, 6) is 0.136. The molecule has 3 aromatic rings. The third-order valence-corrected chi connectivity index (χ3v) is 5.09. The van der Waals surface area contributed by atoms with Gasteiger partial charge in [0.15, 0.2) is 0 Å². The highest BCUT2D eigenvalue weighted by molar-refractivity contribution is 7.89. The summed E-state index contributed by atoms with van der Waals surface area (Å²) in [6.45, 7) is 1.90. The first kappa shape index (κ1) is 17.2. The van der Waals surface area contributed by atoms with E-state index in [2.05, 4.69) is 9.97 Å². The van der Waals surface area contributed by atoms with Gasteiger partial charge < -0.3 is 4.90 Å². The molecule has 0 saturated heterocycles. The van der Waals surface area contributed by atoms with Crippen molar-refractivity contribution in [1.82, 2.24) is 9.97 Å². The Kier molecular flexibility index (Phi) is 4.40. The third-order valence-electron chi connectivity index (χ3n) is 4.18. The zero-order chi connectivity index (χ0) is 18.2. The number of halogens is 1. The van der Waals surface area contributed by atoms with Crippen molar-refractivity contribution < 1.29 is 12.8 Å². The molecular formula is C17H17FN4O2S. The molecule has 2 N–H and O–H groups in total. The van der Waals surface area contributed by atoms with Crippen molar-refractivity contribution in [2.24, 2.45) is 5.14 Å². The molecule has 0 aliphatic heterocycles. The van der Waals surface area contributed by atoms with E-state index < -0.39 is 15.8 Å². The monoisotopic (exact) mass is 360 g/mol. The molecule has 130 valence electrons. The fraction of sp³-hybridized carbons (Fsp3) is 0.176. The molecule has 25 heavy (non-hydrogen) atoms. The van der Waals surface area contributed by atoms with Gasteiger partial charge in [-0.1, -0.05) is 18.2 Å². The fourth-order valence-electron chi connectivity index (χ4n) is 2.68. The van der Waals surface area contributed by atoms with Crippen LogP contribution in [0.3, 0.4) is 0 Å². The van der Waals surface area contributed by atoms with E-state index in [1.807, 2.05) is 11.8 Å². The van der Waals surface area contributed by atoms with E-state index >= 15 is 0 Å². The number of para-hydroxylation sites is 1. The Labute approximate surface area is 145 Å². The molecule has 0 amide bonds. The van der Waals surface area contributed by atoms with Gasteiger partial charge in [0.1, 0.15) is 23.5 Å². The van der Waals surface area contributed by atoms with Gasteiger partial charge in [0, 0.05) is 12.4 Å². The van der Waals surface area contributed by atoms with Gasteiger partial charge in [-0.15, -0.1) is 0 Å². The molecular weight excluding hydrogens is 343 g/mol. The van der Waals surface area contributed by atoms with Crippen molar-refractivity contribution in [3.8, 4) is 0 Å². The molecule has 0 bridgehead atoms. The average molecular weight is 360 g/mol. The Morgan fingerprint density at radius 1 is 1.16 bits per heavy atom. The standard InChI is InChI=1S/C17H17FN4O2S/c1-11(12-5-3-6-13(9-12)25(19,23)24)22(2)17-14-7-4-8-15(18)16(14)20-10-21-17/h3-11H,1-2H3,(H2,19,23,24). The first-order chi connectivity index (χ1) is 11.8. The second-order valence-corrected chi connectivity index (χ2v) is 7.30. The van der Waals surface area contributed by atoms with Gasteiger partial charge >= 0.3 is 0 Å². The summed E-state index contributed by atoms with van der Waals surface area (Å²) in [4.78, 5) is 10.1. The summed E-state index contributed by atoms with van der Waals surface area (Å²) in [7, 11) is -1.98. The first-order valence-corrected chi connectivity index (χ1v) is 9.08. The summed E-state index contributed by atoms with van der Waals surface area (Å²) >= 11 is 0. The quantitative estimate of drug-likeness (QED) is 0.772. The lowest BCUT2D eigenvalue weighted by atomic mass is 10.1. The fourth-order valence-corrected chi connectivity index (χ4v) is 3.25. The molecule has 1 aromatic heterocycles. The number of fused-ring (bicyclic) bond motifs is 1. The number of nitrogens with zero attached hydrogens (tertiary/aromatic N) is 3. The predicted molar refractivity (Wildman–Crippen MR) is 94.1 cm³/mol.